The van der Waals surface area contributed by atoms with Crippen LogP contribution in [0, 0.1) is 0 Å². The number of nitrogens with two attached hydrogens (primary N) is 1. The fourth-order valence-electron chi connectivity index (χ4n) is 8.02. The number of aromatic amines is 1. The van der Waals surface area contributed by atoms with Gasteiger partial charge >= 0.3 is 0 Å². The summed E-state index contributed by atoms with van der Waals surface area (Å²) in [5, 5.41) is 26.0. The van der Waals surface area contributed by atoms with E-state index in [2.05, 4.69) is 31.6 Å². The van der Waals surface area contributed by atoms with Crippen LogP contribution in [0.15, 0.2) is 91.1 Å². The zero-order chi connectivity index (χ0) is 42.6. The SMILES string of the molecule is C[C@@H](O)[C@@H]1NC(=O)[C@H](CCCCN)NC(=O)[C@@H](Cc2c[nH]c3ccccc23)NC(=O)[C@H](Cc2ccccc2)NC(=O)[C@@H]2CCCN2C(=O)[C@H](Cc2ccccc2)NCC1=O. The highest BCUT2D eigenvalue weighted by atomic mass is 16.3. The molecule has 15 nitrogen and oxygen atoms in total. The quantitative estimate of drug-likeness (QED) is 0.102. The number of aromatic nitrogens is 1. The number of para-hydroxylation sites is 1. The number of amides is 5. The lowest BCUT2D eigenvalue weighted by Gasteiger charge is -2.30. The molecule has 7 atom stereocenters. The standard InChI is InChI=1S/C45H56N8O7/c1-28(54)40-39(55)27-48-37(24-30-15-6-3-7-16-30)45(60)53-22-12-20-38(53)44(59)51-35(23-29-13-4-2-5-14-29)42(57)50-36(25-31-26-47-33-18-9-8-17-32(31)33)43(58)49-34(41(56)52-40)19-10-11-21-46/h2-9,13-18,26,28,34-38,40,47-48,54H,10-12,19-25,27,46H2,1H3,(H,49,58)(H,50,57)(H,51,59)(H,52,56)/t28-,34+,35+,36-,37+,38+,40+/m1/s1. The third-order valence-electron chi connectivity index (χ3n) is 11.3. The molecule has 6 rings (SSSR count). The summed E-state index contributed by atoms with van der Waals surface area (Å²) in [5.41, 5.74) is 8.91. The predicted octanol–water partition coefficient (Wildman–Crippen LogP) is 1.18. The fourth-order valence-corrected chi connectivity index (χ4v) is 8.02. The van der Waals surface area contributed by atoms with Crippen LogP contribution < -0.4 is 32.3 Å². The Morgan fingerprint density at radius 2 is 1.28 bits per heavy atom. The Kier molecular flexibility index (Phi) is 15.2. The van der Waals surface area contributed by atoms with Gasteiger partial charge in [-0.1, -0.05) is 78.9 Å². The van der Waals surface area contributed by atoms with Gasteiger partial charge in [-0.25, -0.2) is 0 Å². The number of fused-ring (bicyclic) bond motifs is 2. The molecule has 1 aromatic heterocycles. The molecule has 3 heterocycles. The molecule has 0 spiro atoms. The highest BCUT2D eigenvalue weighted by Crippen LogP contribution is 2.22. The van der Waals surface area contributed by atoms with Crippen molar-refractivity contribution in [3.05, 3.63) is 108 Å². The van der Waals surface area contributed by atoms with Crippen LogP contribution >= 0.6 is 0 Å². The van der Waals surface area contributed by atoms with Crippen molar-refractivity contribution < 1.29 is 33.9 Å². The van der Waals surface area contributed by atoms with Gasteiger partial charge in [0, 0.05) is 36.5 Å². The monoisotopic (exact) mass is 820 g/mol. The van der Waals surface area contributed by atoms with Crippen molar-refractivity contribution in [1.82, 2.24) is 36.5 Å². The second-order valence-corrected chi connectivity index (χ2v) is 15.7. The Morgan fingerprint density at radius 1 is 0.700 bits per heavy atom. The molecule has 15 heteroatoms. The van der Waals surface area contributed by atoms with Crippen LogP contribution in [0.2, 0.25) is 0 Å². The summed E-state index contributed by atoms with van der Waals surface area (Å²) in [4.78, 5) is 90.2. The third kappa shape index (κ3) is 11.2. The minimum Gasteiger partial charge on any atom is -0.391 e. The van der Waals surface area contributed by atoms with Crippen molar-refractivity contribution in [2.24, 2.45) is 5.73 Å². The summed E-state index contributed by atoms with van der Waals surface area (Å²) >= 11 is 0. The molecule has 4 aromatic rings. The number of ketones is 1. The van der Waals surface area contributed by atoms with Crippen molar-refractivity contribution in [2.45, 2.75) is 101 Å². The fraction of sp³-hybridized carbons (Fsp3) is 0.422. The Hall–Kier alpha value is -5.90. The number of rotatable bonds is 11. The minimum absolute atomic E-state index is 0.0267. The Bertz CT molecular complexity index is 2110. The molecule has 0 saturated carbocycles. The average molecular weight is 821 g/mol. The maximum atomic E-state index is 14.5. The average Bonchev–Trinajstić information content (AvgIpc) is 3.91. The summed E-state index contributed by atoms with van der Waals surface area (Å²) < 4.78 is 0. The number of unbranched alkanes of at least 4 members (excludes halogenated alkanes) is 1. The van der Waals surface area contributed by atoms with Gasteiger partial charge in [0.05, 0.1) is 18.7 Å². The van der Waals surface area contributed by atoms with Crippen molar-refractivity contribution in [3.63, 3.8) is 0 Å². The van der Waals surface area contributed by atoms with Crippen molar-refractivity contribution in [1.29, 1.82) is 0 Å². The topological polar surface area (TPSA) is 228 Å². The van der Waals surface area contributed by atoms with Crippen LogP contribution in [0.1, 0.15) is 55.7 Å². The summed E-state index contributed by atoms with van der Waals surface area (Å²) in [6.07, 6.45) is 2.77. The minimum atomic E-state index is -1.39. The van der Waals surface area contributed by atoms with Gasteiger partial charge in [-0.3, -0.25) is 34.1 Å². The molecule has 0 radical (unpaired) electrons. The number of nitrogens with zero attached hydrogens (tertiary/aromatic N) is 1. The van der Waals surface area contributed by atoms with Crippen LogP contribution in [0.5, 0.6) is 0 Å². The third-order valence-corrected chi connectivity index (χ3v) is 11.3. The molecule has 2 aliphatic rings. The molecule has 60 heavy (non-hydrogen) atoms. The molecule has 0 aliphatic carbocycles. The number of H-pyrrole nitrogens is 1. The van der Waals surface area contributed by atoms with E-state index in [9.17, 15) is 33.9 Å². The van der Waals surface area contributed by atoms with Gasteiger partial charge in [-0.15, -0.1) is 0 Å². The second-order valence-electron chi connectivity index (χ2n) is 15.7. The second kappa shape index (κ2) is 20.9. The first kappa shape index (κ1) is 43.7. The van der Waals surface area contributed by atoms with Gasteiger partial charge in [-0.05, 0) is 74.8 Å². The summed E-state index contributed by atoms with van der Waals surface area (Å²) in [5.74, 6) is -3.52. The molecular formula is C45H56N8O7. The van der Waals surface area contributed by atoms with Crippen LogP contribution in [0.3, 0.4) is 0 Å². The molecule has 5 amide bonds. The Balaban J connectivity index is 1.39. The van der Waals surface area contributed by atoms with Crippen LogP contribution in [-0.4, -0.2) is 112 Å². The van der Waals surface area contributed by atoms with Gasteiger partial charge in [-0.2, -0.15) is 0 Å². The summed E-state index contributed by atoms with van der Waals surface area (Å²) in [6, 6.07) is 19.1. The summed E-state index contributed by atoms with van der Waals surface area (Å²) in [6.45, 7) is 1.60. The first-order chi connectivity index (χ1) is 29.0. The van der Waals surface area contributed by atoms with E-state index in [0.717, 1.165) is 27.6 Å². The lowest BCUT2D eigenvalue weighted by Crippen LogP contribution is -2.60. The molecular weight excluding hydrogens is 765 g/mol. The number of hydrogen-bond donors (Lipinski definition) is 8. The molecule has 2 saturated heterocycles. The van der Waals surface area contributed by atoms with E-state index < -0.39 is 84.2 Å². The van der Waals surface area contributed by atoms with E-state index in [1.54, 1.807) is 6.20 Å². The number of aliphatic hydroxyl groups excluding tert-OH is 1. The summed E-state index contributed by atoms with van der Waals surface area (Å²) in [7, 11) is 0. The lowest BCUT2D eigenvalue weighted by atomic mass is 10.0. The van der Waals surface area contributed by atoms with Crippen LogP contribution in [0.25, 0.3) is 10.9 Å². The van der Waals surface area contributed by atoms with E-state index in [0.29, 0.717) is 32.2 Å². The van der Waals surface area contributed by atoms with Crippen LogP contribution in [-0.2, 0) is 48.0 Å². The van der Waals surface area contributed by atoms with E-state index >= 15 is 0 Å². The van der Waals surface area contributed by atoms with Gasteiger partial charge in [0.1, 0.15) is 30.2 Å². The van der Waals surface area contributed by atoms with Gasteiger partial charge in [0.15, 0.2) is 5.78 Å². The van der Waals surface area contributed by atoms with Crippen molar-refractivity contribution in [2.75, 3.05) is 19.6 Å². The van der Waals surface area contributed by atoms with Crippen LogP contribution in [0.4, 0.5) is 0 Å². The first-order valence-corrected chi connectivity index (χ1v) is 20.8. The number of benzene rings is 3. The number of carbonyl (C=O) groups excluding carboxylic acids is 6. The van der Waals surface area contributed by atoms with Gasteiger partial charge in [0.2, 0.25) is 29.5 Å². The van der Waals surface area contributed by atoms with E-state index in [1.807, 2.05) is 84.9 Å². The Labute approximate surface area is 349 Å². The zero-order valence-corrected chi connectivity index (χ0v) is 33.9. The van der Waals surface area contributed by atoms with Crippen molar-refractivity contribution >= 4 is 46.2 Å². The lowest BCUT2D eigenvalue weighted by molar-refractivity contribution is -0.141. The van der Waals surface area contributed by atoms with Crippen molar-refractivity contribution in [3.8, 4) is 0 Å². The number of hydrogen-bond acceptors (Lipinski definition) is 9. The van der Waals surface area contributed by atoms with Gasteiger partial charge < -0.3 is 42.0 Å². The molecule has 0 bridgehead atoms. The zero-order valence-electron chi connectivity index (χ0n) is 33.9. The molecule has 2 aliphatic heterocycles. The molecule has 318 valence electrons. The van der Waals surface area contributed by atoms with E-state index in [1.165, 1.54) is 11.8 Å². The Morgan fingerprint density at radius 3 is 1.95 bits per heavy atom. The maximum absolute atomic E-state index is 14.5. The number of carbonyl (C=O) groups is 6. The predicted molar refractivity (Wildman–Crippen MR) is 226 cm³/mol. The maximum Gasteiger partial charge on any atom is 0.243 e. The first-order valence-electron chi connectivity index (χ1n) is 20.8. The highest BCUT2D eigenvalue weighted by molar-refractivity contribution is 5.98. The highest BCUT2D eigenvalue weighted by Gasteiger charge is 2.40. The van der Waals surface area contributed by atoms with E-state index in [4.69, 9.17) is 5.73 Å². The molecule has 3 aromatic carbocycles. The number of nitrogens with one attached hydrogen (secondary N) is 6. The normalized spacial score (nSPS) is 24.4. The largest absolute Gasteiger partial charge is 0.391 e. The molecule has 2 fully saturated rings. The number of aliphatic hydroxyl groups is 1. The molecule has 9 N–H and O–H groups in total. The molecule has 0 unspecified atom stereocenters. The van der Waals surface area contributed by atoms with E-state index in [-0.39, 0.29) is 32.2 Å². The van der Waals surface area contributed by atoms with Gasteiger partial charge in [0.25, 0.3) is 0 Å². The smallest absolute Gasteiger partial charge is 0.243 e. The number of Topliss-reactive ketones (excluding diaryl/α,β-unsaturated/α-hetero) is 1.